The number of hydrogen-bond acceptors (Lipinski definition) is 1. The number of hydrogen-bond donors (Lipinski definition) is 0. The van der Waals surface area contributed by atoms with Crippen LogP contribution in [0.2, 0.25) is 0 Å². The molecule has 18 heavy (non-hydrogen) atoms. The summed E-state index contributed by atoms with van der Waals surface area (Å²) in [6, 6.07) is 14.2. The lowest BCUT2D eigenvalue weighted by molar-refractivity contribution is -0.117. The molecular formula is C16H15FO. The molecule has 0 heterocycles. The molecule has 0 N–H and O–H groups in total. The van der Waals surface area contributed by atoms with Gasteiger partial charge >= 0.3 is 0 Å². The van der Waals surface area contributed by atoms with Gasteiger partial charge in [0.05, 0.1) is 0 Å². The van der Waals surface area contributed by atoms with Gasteiger partial charge in [0.25, 0.3) is 0 Å². The highest BCUT2D eigenvalue weighted by Crippen LogP contribution is 2.10. The van der Waals surface area contributed by atoms with E-state index in [2.05, 4.69) is 0 Å². The zero-order chi connectivity index (χ0) is 13.0. The van der Waals surface area contributed by atoms with Gasteiger partial charge < -0.3 is 0 Å². The minimum absolute atomic E-state index is 0.0314. The largest absolute Gasteiger partial charge is 0.299 e. The van der Waals surface area contributed by atoms with Crippen LogP contribution in [-0.4, -0.2) is 5.78 Å². The number of carbonyl (C=O) groups excluding carboxylic acids is 1. The lowest BCUT2D eigenvalue weighted by Gasteiger charge is -2.03. The number of benzene rings is 2. The summed E-state index contributed by atoms with van der Waals surface area (Å²) in [6.07, 6.45) is 0.509. The molecule has 2 aromatic rings. The van der Waals surface area contributed by atoms with Gasteiger partial charge in [0, 0.05) is 12.8 Å². The van der Waals surface area contributed by atoms with Crippen LogP contribution in [0.1, 0.15) is 16.7 Å². The third-order valence-corrected chi connectivity index (χ3v) is 2.87. The van der Waals surface area contributed by atoms with Crippen LogP contribution >= 0.6 is 0 Å². The molecule has 0 aliphatic heterocycles. The highest BCUT2D eigenvalue weighted by Gasteiger charge is 2.08. The van der Waals surface area contributed by atoms with Crippen molar-refractivity contribution in [2.45, 2.75) is 19.8 Å². The van der Waals surface area contributed by atoms with E-state index in [4.69, 9.17) is 0 Å². The molecule has 2 heteroatoms. The monoisotopic (exact) mass is 242 g/mol. The molecule has 0 atom stereocenters. The molecule has 0 fully saturated rings. The normalized spacial score (nSPS) is 10.3. The van der Waals surface area contributed by atoms with Gasteiger partial charge in [-0.25, -0.2) is 4.39 Å². The number of Topliss-reactive ketones (excluding diaryl/α,β-unsaturated/α-hetero) is 1. The first-order valence-corrected chi connectivity index (χ1v) is 5.96. The van der Waals surface area contributed by atoms with E-state index >= 15 is 0 Å². The van der Waals surface area contributed by atoms with Crippen molar-refractivity contribution in [2.24, 2.45) is 0 Å². The Hall–Kier alpha value is -1.96. The lowest BCUT2D eigenvalue weighted by atomic mass is 10.0. The number of carbonyl (C=O) groups is 1. The van der Waals surface area contributed by atoms with E-state index in [1.807, 2.05) is 31.2 Å². The number of ketones is 1. The fourth-order valence-electron chi connectivity index (χ4n) is 1.85. The molecule has 2 rings (SSSR count). The van der Waals surface area contributed by atoms with E-state index in [-0.39, 0.29) is 18.0 Å². The molecule has 0 unspecified atom stereocenters. The first-order valence-electron chi connectivity index (χ1n) is 5.96. The van der Waals surface area contributed by atoms with Gasteiger partial charge in [0.2, 0.25) is 0 Å². The Labute approximate surface area is 106 Å². The third kappa shape index (κ3) is 3.27. The predicted molar refractivity (Wildman–Crippen MR) is 70.0 cm³/mol. The summed E-state index contributed by atoms with van der Waals surface area (Å²) in [6.45, 7) is 2.00. The summed E-state index contributed by atoms with van der Waals surface area (Å²) in [7, 11) is 0. The van der Waals surface area contributed by atoms with Gasteiger partial charge in [0.1, 0.15) is 11.6 Å². The average molecular weight is 242 g/mol. The van der Waals surface area contributed by atoms with Crippen LogP contribution in [0.5, 0.6) is 0 Å². The highest BCUT2D eigenvalue weighted by atomic mass is 19.1. The summed E-state index contributed by atoms with van der Waals surface area (Å²) in [5.74, 6) is -0.279. The average Bonchev–Trinajstić information content (AvgIpc) is 2.35. The van der Waals surface area contributed by atoms with Crippen molar-refractivity contribution in [1.82, 2.24) is 0 Å². The summed E-state index contributed by atoms with van der Waals surface area (Å²) in [5, 5.41) is 0. The third-order valence-electron chi connectivity index (χ3n) is 2.87. The van der Waals surface area contributed by atoms with Gasteiger partial charge in [-0.05, 0) is 24.1 Å². The molecular weight excluding hydrogens is 227 g/mol. The Kier molecular flexibility index (Phi) is 3.88. The summed E-state index contributed by atoms with van der Waals surface area (Å²) in [4.78, 5) is 11.9. The van der Waals surface area contributed by atoms with Gasteiger partial charge in [-0.15, -0.1) is 0 Å². The molecule has 0 saturated carbocycles. The molecule has 0 aliphatic carbocycles. The highest BCUT2D eigenvalue weighted by molar-refractivity contribution is 5.83. The van der Waals surface area contributed by atoms with Crippen molar-refractivity contribution < 1.29 is 9.18 Å². The zero-order valence-corrected chi connectivity index (χ0v) is 10.3. The predicted octanol–water partition coefficient (Wildman–Crippen LogP) is 3.49. The Morgan fingerprint density at radius 3 is 2.33 bits per heavy atom. The Morgan fingerprint density at radius 2 is 1.67 bits per heavy atom. The first kappa shape index (κ1) is 12.5. The SMILES string of the molecule is Cc1ccc(CC(=O)Cc2ccccc2F)cc1. The van der Waals surface area contributed by atoms with Crippen molar-refractivity contribution in [3.63, 3.8) is 0 Å². The van der Waals surface area contributed by atoms with Crippen molar-refractivity contribution in [2.75, 3.05) is 0 Å². The lowest BCUT2D eigenvalue weighted by Crippen LogP contribution is -2.07. The smallest absolute Gasteiger partial charge is 0.141 e. The maximum Gasteiger partial charge on any atom is 0.141 e. The fraction of sp³-hybridized carbons (Fsp3) is 0.188. The topological polar surface area (TPSA) is 17.1 Å². The van der Waals surface area contributed by atoms with Gasteiger partial charge in [0.15, 0.2) is 0 Å². The van der Waals surface area contributed by atoms with E-state index in [1.165, 1.54) is 11.6 Å². The molecule has 0 aliphatic rings. The molecule has 0 spiro atoms. The molecule has 0 amide bonds. The maximum atomic E-state index is 13.4. The molecule has 0 aromatic heterocycles. The molecule has 92 valence electrons. The second-order valence-corrected chi connectivity index (χ2v) is 4.47. The molecule has 1 nitrogen and oxygen atoms in total. The van der Waals surface area contributed by atoms with Crippen LogP contribution in [0, 0.1) is 12.7 Å². The van der Waals surface area contributed by atoms with E-state index < -0.39 is 0 Å². The molecule has 0 bridgehead atoms. The second kappa shape index (κ2) is 5.58. The van der Waals surface area contributed by atoms with Crippen molar-refractivity contribution in [1.29, 1.82) is 0 Å². The van der Waals surface area contributed by atoms with Crippen LogP contribution < -0.4 is 0 Å². The number of halogens is 1. The molecule has 0 radical (unpaired) electrons. The van der Waals surface area contributed by atoms with Crippen LogP contribution in [0.4, 0.5) is 4.39 Å². The molecule has 0 saturated heterocycles. The standard InChI is InChI=1S/C16H15FO/c1-12-6-8-13(9-7-12)10-15(18)11-14-4-2-3-5-16(14)17/h2-9H,10-11H2,1H3. The van der Waals surface area contributed by atoms with Crippen molar-refractivity contribution >= 4 is 5.78 Å². The Balaban J connectivity index is 2.01. The van der Waals surface area contributed by atoms with Gasteiger partial charge in [-0.3, -0.25) is 4.79 Å². The maximum absolute atomic E-state index is 13.4. The number of aryl methyl sites for hydroxylation is 1. The van der Waals surface area contributed by atoms with Crippen LogP contribution in [0.25, 0.3) is 0 Å². The quantitative estimate of drug-likeness (QED) is 0.802. The molecule has 2 aromatic carbocycles. The van der Waals surface area contributed by atoms with Crippen molar-refractivity contribution in [3.05, 3.63) is 71.0 Å². The number of rotatable bonds is 4. The van der Waals surface area contributed by atoms with E-state index in [0.29, 0.717) is 12.0 Å². The van der Waals surface area contributed by atoms with E-state index in [0.717, 1.165) is 5.56 Å². The van der Waals surface area contributed by atoms with E-state index in [1.54, 1.807) is 18.2 Å². The Bertz CT molecular complexity index is 543. The fourth-order valence-corrected chi connectivity index (χ4v) is 1.85. The Morgan fingerprint density at radius 1 is 1.00 bits per heavy atom. The van der Waals surface area contributed by atoms with Gasteiger partial charge in [-0.2, -0.15) is 0 Å². The summed E-state index contributed by atoms with van der Waals surface area (Å²) >= 11 is 0. The van der Waals surface area contributed by atoms with Crippen molar-refractivity contribution in [3.8, 4) is 0 Å². The minimum atomic E-state index is -0.310. The van der Waals surface area contributed by atoms with Gasteiger partial charge in [-0.1, -0.05) is 48.0 Å². The van der Waals surface area contributed by atoms with E-state index in [9.17, 15) is 9.18 Å². The summed E-state index contributed by atoms with van der Waals surface area (Å²) < 4.78 is 13.4. The summed E-state index contributed by atoms with van der Waals surface area (Å²) in [5.41, 5.74) is 2.61. The van der Waals surface area contributed by atoms with Crippen LogP contribution in [0.15, 0.2) is 48.5 Å². The zero-order valence-electron chi connectivity index (χ0n) is 10.3. The van der Waals surface area contributed by atoms with Crippen LogP contribution in [0.3, 0.4) is 0 Å². The van der Waals surface area contributed by atoms with Crippen LogP contribution in [-0.2, 0) is 17.6 Å². The minimum Gasteiger partial charge on any atom is -0.299 e. The first-order chi connectivity index (χ1) is 8.65. The second-order valence-electron chi connectivity index (χ2n) is 4.47.